The number of benzene rings is 1. The second-order valence-electron chi connectivity index (χ2n) is 7.74. The van der Waals surface area contributed by atoms with E-state index in [1.54, 1.807) is 0 Å². The highest BCUT2D eigenvalue weighted by Gasteiger charge is 2.25. The predicted octanol–water partition coefficient (Wildman–Crippen LogP) is 1.11. The summed E-state index contributed by atoms with van der Waals surface area (Å²) in [7, 11) is 4.19. The van der Waals surface area contributed by atoms with E-state index in [1.807, 2.05) is 23.1 Å². The molecule has 2 aliphatic heterocycles. The summed E-state index contributed by atoms with van der Waals surface area (Å²) < 4.78 is 5.76. The predicted molar refractivity (Wildman–Crippen MR) is 105 cm³/mol. The molecule has 0 aliphatic carbocycles. The van der Waals surface area contributed by atoms with Gasteiger partial charge in [0, 0.05) is 37.8 Å². The summed E-state index contributed by atoms with van der Waals surface area (Å²) in [6.45, 7) is 5.78. The fraction of sp³-hybridized carbons (Fsp3) is 0.650. The molecule has 1 saturated heterocycles. The lowest BCUT2D eigenvalue weighted by Gasteiger charge is -2.34. The third-order valence-electron chi connectivity index (χ3n) is 5.35. The molecular formula is C20H32N4O3. The Morgan fingerprint density at radius 2 is 2.07 bits per heavy atom. The van der Waals surface area contributed by atoms with Gasteiger partial charge in [0.15, 0.2) is 0 Å². The number of carbonyl (C=O) groups is 1. The zero-order chi connectivity index (χ0) is 19.2. The van der Waals surface area contributed by atoms with E-state index in [9.17, 15) is 9.90 Å². The molecule has 0 atom stereocenters. The van der Waals surface area contributed by atoms with E-state index in [2.05, 4.69) is 29.2 Å². The van der Waals surface area contributed by atoms with Crippen LogP contribution in [0.25, 0.3) is 0 Å². The number of carbonyl (C=O) groups excluding carboxylic acids is 1. The first kappa shape index (κ1) is 19.9. The molecule has 0 spiro atoms. The van der Waals surface area contributed by atoms with Gasteiger partial charge in [0.05, 0.1) is 19.7 Å². The Kier molecular flexibility index (Phi) is 6.93. The van der Waals surface area contributed by atoms with Gasteiger partial charge in [-0.15, -0.1) is 0 Å². The van der Waals surface area contributed by atoms with Crippen LogP contribution >= 0.6 is 0 Å². The lowest BCUT2D eigenvalue weighted by molar-refractivity contribution is 0.161. The van der Waals surface area contributed by atoms with Gasteiger partial charge in [-0.1, -0.05) is 6.07 Å². The number of aliphatic hydroxyl groups excluding tert-OH is 1. The van der Waals surface area contributed by atoms with Crippen LogP contribution in [0.1, 0.15) is 24.0 Å². The molecule has 0 unspecified atom stereocenters. The van der Waals surface area contributed by atoms with E-state index in [4.69, 9.17) is 4.74 Å². The van der Waals surface area contributed by atoms with Gasteiger partial charge in [-0.05, 0) is 44.6 Å². The number of likely N-dealkylation sites (N-methyl/N-ethyl adjacent to an activating group) is 1. The Labute approximate surface area is 161 Å². The maximum absolute atomic E-state index is 12.8. The molecule has 0 radical (unpaired) electrons. The van der Waals surface area contributed by atoms with Crippen molar-refractivity contribution in [2.75, 3.05) is 53.4 Å². The molecule has 1 aromatic carbocycles. The van der Waals surface area contributed by atoms with Crippen molar-refractivity contribution in [2.45, 2.75) is 32.0 Å². The highest BCUT2D eigenvalue weighted by molar-refractivity contribution is 5.74. The zero-order valence-electron chi connectivity index (χ0n) is 16.5. The Morgan fingerprint density at radius 3 is 2.78 bits per heavy atom. The number of nitrogens with zero attached hydrogens (tertiary/aromatic N) is 3. The summed E-state index contributed by atoms with van der Waals surface area (Å²) in [6.07, 6.45) is 1.99. The van der Waals surface area contributed by atoms with E-state index in [-0.39, 0.29) is 18.7 Å². The van der Waals surface area contributed by atoms with Crippen LogP contribution in [0.5, 0.6) is 5.75 Å². The Bertz CT molecular complexity index is 630. The molecule has 0 bridgehead atoms. The number of aliphatic hydroxyl groups is 1. The third kappa shape index (κ3) is 5.57. The molecule has 1 aromatic rings. The highest BCUT2D eigenvalue weighted by atomic mass is 16.5. The summed E-state index contributed by atoms with van der Waals surface area (Å²) in [6, 6.07) is 5.88. The average Bonchev–Trinajstić information content (AvgIpc) is 2.89. The maximum Gasteiger partial charge on any atom is 0.318 e. The Morgan fingerprint density at radius 1 is 1.30 bits per heavy atom. The lowest BCUT2D eigenvalue weighted by atomic mass is 10.1. The second kappa shape index (κ2) is 9.39. The van der Waals surface area contributed by atoms with Crippen LogP contribution in [0.2, 0.25) is 0 Å². The Hall–Kier alpha value is -1.83. The maximum atomic E-state index is 12.8. The molecule has 2 amide bonds. The number of ether oxygens (including phenoxy) is 1. The minimum absolute atomic E-state index is 0.00806. The molecule has 1 fully saturated rings. The van der Waals surface area contributed by atoms with E-state index >= 15 is 0 Å². The normalized spacial score (nSPS) is 18.7. The largest absolute Gasteiger partial charge is 0.491 e. The number of urea groups is 1. The summed E-state index contributed by atoms with van der Waals surface area (Å²) in [5.41, 5.74) is 1.79. The first-order valence-corrected chi connectivity index (χ1v) is 9.83. The van der Waals surface area contributed by atoms with Crippen molar-refractivity contribution in [1.82, 2.24) is 20.0 Å². The molecular weight excluding hydrogens is 344 g/mol. The molecule has 7 nitrogen and oxygen atoms in total. The molecule has 2 N–H and O–H groups in total. The van der Waals surface area contributed by atoms with Gasteiger partial charge in [-0.3, -0.25) is 0 Å². The van der Waals surface area contributed by atoms with Crippen molar-refractivity contribution in [3.63, 3.8) is 0 Å². The minimum atomic E-state index is -0.0207. The van der Waals surface area contributed by atoms with Gasteiger partial charge in [0.1, 0.15) is 12.4 Å². The van der Waals surface area contributed by atoms with Crippen molar-refractivity contribution in [3.8, 4) is 5.75 Å². The monoisotopic (exact) mass is 376 g/mol. The van der Waals surface area contributed by atoms with Crippen molar-refractivity contribution >= 4 is 6.03 Å². The Balaban J connectivity index is 1.51. The third-order valence-corrected chi connectivity index (χ3v) is 5.35. The second-order valence-corrected chi connectivity index (χ2v) is 7.74. The lowest BCUT2D eigenvalue weighted by Crippen LogP contribution is -2.50. The number of rotatable bonds is 5. The number of hydrogen-bond acceptors (Lipinski definition) is 5. The molecule has 7 heteroatoms. The van der Waals surface area contributed by atoms with Gasteiger partial charge in [-0.25, -0.2) is 4.79 Å². The van der Waals surface area contributed by atoms with Crippen LogP contribution in [-0.4, -0.2) is 85.3 Å². The number of piperidine rings is 1. The summed E-state index contributed by atoms with van der Waals surface area (Å²) in [5.74, 6) is 0.803. The van der Waals surface area contributed by atoms with Crippen LogP contribution in [0, 0.1) is 0 Å². The van der Waals surface area contributed by atoms with E-state index < -0.39 is 0 Å². The molecule has 2 aliphatic rings. The van der Waals surface area contributed by atoms with Gasteiger partial charge >= 0.3 is 6.03 Å². The van der Waals surface area contributed by atoms with Crippen LogP contribution < -0.4 is 10.1 Å². The number of nitrogens with one attached hydrogen (secondary N) is 1. The SMILES string of the molecule is CN(C)CCN1CCC(NC(=O)N2CCOc3ccc(CO)cc3C2)CC1. The summed E-state index contributed by atoms with van der Waals surface area (Å²) >= 11 is 0. The van der Waals surface area contributed by atoms with Gasteiger partial charge in [0.25, 0.3) is 0 Å². The minimum Gasteiger partial charge on any atom is -0.491 e. The van der Waals surface area contributed by atoms with Crippen molar-refractivity contribution in [2.24, 2.45) is 0 Å². The molecule has 3 rings (SSSR count). The fourth-order valence-electron chi connectivity index (χ4n) is 3.63. The van der Waals surface area contributed by atoms with Gasteiger partial charge in [0.2, 0.25) is 0 Å². The summed E-state index contributed by atoms with van der Waals surface area (Å²) in [5, 5.41) is 12.6. The van der Waals surface area contributed by atoms with Crippen LogP contribution in [0.4, 0.5) is 4.79 Å². The number of hydrogen-bond donors (Lipinski definition) is 2. The quantitative estimate of drug-likeness (QED) is 0.806. The number of likely N-dealkylation sites (tertiary alicyclic amines) is 1. The zero-order valence-corrected chi connectivity index (χ0v) is 16.5. The van der Waals surface area contributed by atoms with E-state index in [0.29, 0.717) is 19.7 Å². The van der Waals surface area contributed by atoms with Crippen molar-refractivity contribution in [1.29, 1.82) is 0 Å². The fourth-order valence-corrected chi connectivity index (χ4v) is 3.63. The molecule has 27 heavy (non-hydrogen) atoms. The molecule has 2 heterocycles. The first-order chi connectivity index (χ1) is 13.0. The van der Waals surface area contributed by atoms with Crippen molar-refractivity contribution in [3.05, 3.63) is 29.3 Å². The van der Waals surface area contributed by atoms with Gasteiger partial charge < -0.3 is 29.9 Å². The van der Waals surface area contributed by atoms with Crippen molar-refractivity contribution < 1.29 is 14.6 Å². The average molecular weight is 377 g/mol. The van der Waals surface area contributed by atoms with Crippen LogP contribution in [-0.2, 0) is 13.2 Å². The topological polar surface area (TPSA) is 68.3 Å². The van der Waals surface area contributed by atoms with E-state index in [1.165, 1.54) is 0 Å². The smallest absolute Gasteiger partial charge is 0.318 e. The van der Waals surface area contributed by atoms with Crippen LogP contribution in [0.3, 0.4) is 0 Å². The highest BCUT2D eigenvalue weighted by Crippen LogP contribution is 2.24. The summed E-state index contributed by atoms with van der Waals surface area (Å²) in [4.78, 5) is 19.3. The standard InChI is InChI=1S/C20H32N4O3/c1-22(2)9-10-23-7-5-18(6-8-23)21-20(26)24-11-12-27-19-4-3-16(15-25)13-17(19)14-24/h3-4,13,18,25H,5-12,14-15H2,1-2H3,(H,21,26). The van der Waals surface area contributed by atoms with Crippen LogP contribution in [0.15, 0.2) is 18.2 Å². The molecule has 150 valence electrons. The first-order valence-electron chi connectivity index (χ1n) is 9.83. The number of fused-ring (bicyclic) bond motifs is 1. The number of amides is 2. The van der Waals surface area contributed by atoms with Gasteiger partial charge in [-0.2, -0.15) is 0 Å². The molecule has 0 saturated carbocycles. The molecule has 0 aromatic heterocycles. The van der Waals surface area contributed by atoms with E-state index in [0.717, 1.165) is 55.9 Å².